The van der Waals surface area contributed by atoms with Crippen molar-refractivity contribution in [3.63, 3.8) is 0 Å². The summed E-state index contributed by atoms with van der Waals surface area (Å²) >= 11 is 0. The molecule has 18 heavy (non-hydrogen) atoms. The molecule has 0 unspecified atom stereocenters. The third kappa shape index (κ3) is 2.53. The first-order valence-corrected chi connectivity index (χ1v) is 5.30. The maximum atomic E-state index is 8.85. The van der Waals surface area contributed by atoms with Crippen molar-refractivity contribution in [1.82, 2.24) is 0 Å². The second kappa shape index (κ2) is 5.30. The molecular weight excluding hydrogens is 222 g/mol. The van der Waals surface area contributed by atoms with Gasteiger partial charge in [0.1, 0.15) is 5.56 Å². The van der Waals surface area contributed by atoms with Crippen molar-refractivity contribution in [2.24, 2.45) is 0 Å². The van der Waals surface area contributed by atoms with Crippen molar-refractivity contribution >= 4 is 5.69 Å². The van der Waals surface area contributed by atoms with Gasteiger partial charge in [0.2, 0.25) is 5.39 Å². The first-order valence-electron chi connectivity index (χ1n) is 5.30. The molecule has 0 saturated carbocycles. The van der Waals surface area contributed by atoms with Crippen LogP contribution in [0.4, 0.5) is 5.69 Å². The van der Waals surface area contributed by atoms with Crippen molar-refractivity contribution in [2.75, 3.05) is 0 Å². The largest absolute Gasteiger partial charge is 0.400 e. The third-order valence-corrected chi connectivity index (χ3v) is 2.35. The number of hydrogen-bond acceptors (Lipinski definition) is 2. The van der Waals surface area contributed by atoms with Gasteiger partial charge in [0.05, 0.1) is 11.6 Å². The van der Waals surface area contributed by atoms with Crippen LogP contribution in [0.1, 0.15) is 16.7 Å². The molecule has 0 saturated heterocycles. The Bertz CT molecular complexity index is 707. The van der Waals surface area contributed by atoms with Crippen LogP contribution in [0.15, 0.2) is 48.5 Å². The van der Waals surface area contributed by atoms with Gasteiger partial charge < -0.3 is 0 Å². The molecule has 3 nitrogen and oxygen atoms in total. The molecule has 0 radical (unpaired) electrons. The molecule has 0 bridgehead atoms. The second-order valence-corrected chi connectivity index (χ2v) is 3.56. The van der Waals surface area contributed by atoms with Crippen molar-refractivity contribution in [3.8, 4) is 17.9 Å². The zero-order chi connectivity index (χ0) is 12.8. The van der Waals surface area contributed by atoms with Gasteiger partial charge in [0, 0.05) is 11.6 Å². The highest BCUT2D eigenvalue weighted by molar-refractivity contribution is 5.62. The van der Waals surface area contributed by atoms with Crippen LogP contribution in [0.3, 0.4) is 0 Å². The zero-order valence-electron chi connectivity index (χ0n) is 9.46. The smallest absolute Gasteiger partial charge is 0.192 e. The van der Waals surface area contributed by atoms with E-state index in [0.717, 1.165) is 5.56 Å². The summed E-state index contributed by atoms with van der Waals surface area (Å²) in [5.74, 6) is 5.86. The summed E-state index contributed by atoms with van der Waals surface area (Å²) in [5, 5.41) is 17.7. The number of benzene rings is 2. The van der Waals surface area contributed by atoms with E-state index in [0.29, 0.717) is 16.8 Å². The Balaban J connectivity index is 2.44. The summed E-state index contributed by atoms with van der Waals surface area (Å²) in [4.78, 5) is 3.15. The maximum Gasteiger partial charge on any atom is 0.400 e. The Hall–Kier alpha value is -3.09. The van der Waals surface area contributed by atoms with Gasteiger partial charge >= 0.3 is 5.69 Å². The molecule has 0 aromatic heterocycles. The number of nitrogens with zero attached hydrogens (tertiary/aromatic N) is 3. The Morgan fingerprint density at radius 2 is 1.67 bits per heavy atom. The number of hydrogen-bond donors (Lipinski definition) is 0. The van der Waals surface area contributed by atoms with Gasteiger partial charge in [-0.3, -0.25) is 0 Å². The lowest BCUT2D eigenvalue weighted by atomic mass is 10.1. The molecule has 0 N–H and O–H groups in total. The molecule has 0 aliphatic rings. The molecule has 82 valence electrons. The summed E-state index contributed by atoms with van der Waals surface area (Å²) in [5.41, 5.74) is 2.24. The minimum Gasteiger partial charge on any atom is -0.192 e. The average Bonchev–Trinajstić information content (AvgIpc) is 2.45. The molecule has 2 aromatic rings. The highest BCUT2D eigenvalue weighted by Gasteiger charge is 2.11. The lowest BCUT2D eigenvalue weighted by Gasteiger charge is -1.89. The van der Waals surface area contributed by atoms with Gasteiger partial charge in [-0.15, -0.1) is 0 Å². The molecular formula is C15H8N3+. The maximum absolute atomic E-state index is 8.85. The van der Waals surface area contributed by atoms with Gasteiger partial charge in [-0.1, -0.05) is 30.0 Å². The Kier molecular flexibility index (Phi) is 3.36. The fraction of sp³-hybridized carbons (Fsp3) is 0. The van der Waals surface area contributed by atoms with Gasteiger partial charge in [0.25, 0.3) is 0 Å². The number of diazo groups is 1. The first kappa shape index (κ1) is 11.4. The van der Waals surface area contributed by atoms with Crippen LogP contribution in [0.5, 0.6) is 0 Å². The van der Waals surface area contributed by atoms with Crippen molar-refractivity contribution in [1.29, 1.82) is 10.7 Å². The summed E-state index contributed by atoms with van der Waals surface area (Å²) in [6.07, 6.45) is 0. The van der Waals surface area contributed by atoms with Gasteiger partial charge in [-0.05, 0) is 24.3 Å². The van der Waals surface area contributed by atoms with Crippen molar-refractivity contribution in [2.45, 2.75) is 0 Å². The molecule has 0 spiro atoms. The Morgan fingerprint density at radius 3 is 2.33 bits per heavy atom. The van der Waals surface area contributed by atoms with Gasteiger partial charge in [0.15, 0.2) is 4.98 Å². The number of nitriles is 1. The lowest BCUT2D eigenvalue weighted by molar-refractivity contribution is 1.44. The molecule has 2 aromatic carbocycles. The van der Waals surface area contributed by atoms with Crippen LogP contribution in [0, 0.1) is 28.6 Å². The summed E-state index contributed by atoms with van der Waals surface area (Å²) in [6, 6.07) is 16.3. The molecule has 0 heterocycles. The van der Waals surface area contributed by atoms with Crippen LogP contribution < -0.4 is 0 Å². The van der Waals surface area contributed by atoms with Gasteiger partial charge in [-0.2, -0.15) is 5.26 Å². The van der Waals surface area contributed by atoms with E-state index in [1.165, 1.54) is 0 Å². The monoisotopic (exact) mass is 230 g/mol. The fourth-order valence-electron chi connectivity index (χ4n) is 1.45. The van der Waals surface area contributed by atoms with E-state index in [9.17, 15) is 0 Å². The van der Waals surface area contributed by atoms with Gasteiger partial charge in [-0.25, -0.2) is 0 Å². The third-order valence-electron chi connectivity index (χ3n) is 2.35. The van der Waals surface area contributed by atoms with E-state index in [4.69, 9.17) is 10.7 Å². The molecule has 3 heteroatoms. The minimum atomic E-state index is 0.359. The lowest BCUT2D eigenvalue weighted by Crippen LogP contribution is -1.80. The van der Waals surface area contributed by atoms with E-state index < -0.39 is 0 Å². The van der Waals surface area contributed by atoms with E-state index >= 15 is 0 Å². The van der Waals surface area contributed by atoms with Crippen molar-refractivity contribution in [3.05, 3.63) is 70.2 Å². The predicted molar refractivity (Wildman–Crippen MR) is 68.3 cm³/mol. The SMILES string of the molecule is N#Cc1ccc([N+]#N)c(C#Cc2ccccc2)c1. The standard InChI is InChI=1S/C15H8N3/c16-11-13-7-9-15(18-17)14(10-13)8-6-12-4-2-1-3-5-12/h1-5,7,9-10H/q+1. The fourth-order valence-corrected chi connectivity index (χ4v) is 1.45. The topological polar surface area (TPSA) is 51.9 Å². The minimum absolute atomic E-state index is 0.359. The van der Waals surface area contributed by atoms with E-state index in [1.807, 2.05) is 36.4 Å². The predicted octanol–water partition coefficient (Wildman–Crippen LogP) is 3.44. The van der Waals surface area contributed by atoms with Crippen LogP contribution in [-0.2, 0) is 0 Å². The van der Waals surface area contributed by atoms with Crippen LogP contribution in [0.2, 0.25) is 0 Å². The Morgan fingerprint density at radius 1 is 0.889 bits per heavy atom. The number of rotatable bonds is 0. The van der Waals surface area contributed by atoms with Crippen LogP contribution in [-0.4, -0.2) is 0 Å². The average molecular weight is 230 g/mol. The summed E-state index contributed by atoms with van der Waals surface area (Å²) < 4.78 is 0. The van der Waals surface area contributed by atoms with Crippen molar-refractivity contribution < 1.29 is 0 Å². The zero-order valence-corrected chi connectivity index (χ0v) is 9.46. The molecule has 0 fully saturated rings. The van der Waals surface area contributed by atoms with E-state index in [-0.39, 0.29) is 0 Å². The second-order valence-electron chi connectivity index (χ2n) is 3.56. The molecule has 0 aliphatic heterocycles. The molecule has 2 rings (SSSR count). The molecule has 0 atom stereocenters. The first-order chi connectivity index (χ1) is 8.83. The quantitative estimate of drug-likeness (QED) is 0.514. The highest BCUT2D eigenvalue weighted by Crippen LogP contribution is 2.19. The van der Waals surface area contributed by atoms with E-state index in [2.05, 4.69) is 16.8 Å². The molecule has 0 amide bonds. The highest BCUT2D eigenvalue weighted by atomic mass is 14.8. The van der Waals surface area contributed by atoms with E-state index in [1.54, 1.807) is 18.2 Å². The molecule has 0 aliphatic carbocycles. The Labute approximate surface area is 105 Å². The van der Waals surface area contributed by atoms with Crippen LogP contribution in [0.25, 0.3) is 4.98 Å². The van der Waals surface area contributed by atoms with Crippen LogP contribution >= 0.6 is 0 Å². The normalized spacial score (nSPS) is 8.56. The summed E-state index contributed by atoms with van der Waals surface area (Å²) in [6.45, 7) is 0. The summed E-state index contributed by atoms with van der Waals surface area (Å²) in [7, 11) is 0.